The molecular weight excluding hydrogens is 269 g/mol. The topological polar surface area (TPSA) is 42.4 Å². The Morgan fingerprint density at radius 2 is 1.95 bits per heavy atom. The molecule has 1 aromatic carbocycles. The fourth-order valence-electron chi connectivity index (χ4n) is 2.01. The van der Waals surface area contributed by atoms with E-state index in [2.05, 4.69) is 0 Å². The van der Waals surface area contributed by atoms with Crippen LogP contribution < -0.4 is 10.6 Å². The first-order chi connectivity index (χ1) is 9.41. The second-order valence-corrected chi connectivity index (χ2v) is 4.54. The van der Waals surface area contributed by atoms with Crippen LogP contribution in [0.15, 0.2) is 41.2 Å². The minimum Gasteiger partial charge on any atom is -0.472 e. The standard InChI is InChI=1S/C14H15F3N2O/c1-19(8-11-4-5-20-9-11)13-3-2-10(7-18)6-12(13)14(15,16)17/h2-6,9H,7-8,18H2,1H3. The lowest BCUT2D eigenvalue weighted by Gasteiger charge is -2.23. The molecule has 20 heavy (non-hydrogen) atoms. The van der Waals surface area contributed by atoms with Crippen molar-refractivity contribution in [2.45, 2.75) is 19.3 Å². The Kier molecular flexibility index (Phi) is 4.04. The maximum atomic E-state index is 13.1. The lowest BCUT2D eigenvalue weighted by Crippen LogP contribution is -2.21. The van der Waals surface area contributed by atoms with Crippen molar-refractivity contribution in [3.8, 4) is 0 Å². The molecular formula is C14H15F3N2O. The van der Waals surface area contributed by atoms with Gasteiger partial charge in [0.2, 0.25) is 0 Å². The number of hydrogen-bond donors (Lipinski definition) is 1. The molecule has 0 unspecified atom stereocenters. The summed E-state index contributed by atoms with van der Waals surface area (Å²) in [5, 5.41) is 0. The molecule has 0 atom stereocenters. The Morgan fingerprint density at radius 1 is 1.20 bits per heavy atom. The van der Waals surface area contributed by atoms with Crippen molar-refractivity contribution in [2.24, 2.45) is 5.73 Å². The quantitative estimate of drug-likeness (QED) is 0.935. The average Bonchev–Trinajstić information content (AvgIpc) is 2.89. The van der Waals surface area contributed by atoms with Gasteiger partial charge in [-0.3, -0.25) is 0 Å². The molecule has 0 fully saturated rings. The third kappa shape index (κ3) is 3.14. The minimum absolute atomic E-state index is 0.0782. The van der Waals surface area contributed by atoms with Gasteiger partial charge in [0.05, 0.1) is 18.1 Å². The summed E-state index contributed by atoms with van der Waals surface area (Å²) < 4.78 is 44.3. The smallest absolute Gasteiger partial charge is 0.418 e. The van der Waals surface area contributed by atoms with E-state index in [4.69, 9.17) is 10.2 Å². The lowest BCUT2D eigenvalue weighted by atomic mass is 10.1. The van der Waals surface area contributed by atoms with Gasteiger partial charge in [0, 0.05) is 31.4 Å². The highest BCUT2D eigenvalue weighted by atomic mass is 19.4. The predicted molar refractivity (Wildman–Crippen MR) is 70.2 cm³/mol. The van der Waals surface area contributed by atoms with Gasteiger partial charge >= 0.3 is 6.18 Å². The van der Waals surface area contributed by atoms with Crippen molar-refractivity contribution in [1.82, 2.24) is 0 Å². The van der Waals surface area contributed by atoms with Crippen LogP contribution in [0.3, 0.4) is 0 Å². The third-order valence-corrected chi connectivity index (χ3v) is 3.01. The Labute approximate surface area is 114 Å². The number of furan rings is 1. The van der Waals surface area contributed by atoms with Crippen LogP contribution in [0.5, 0.6) is 0 Å². The fraction of sp³-hybridized carbons (Fsp3) is 0.286. The Bertz CT molecular complexity index is 564. The first-order valence-electron chi connectivity index (χ1n) is 6.04. The van der Waals surface area contributed by atoms with Gasteiger partial charge in [-0.2, -0.15) is 13.2 Å². The van der Waals surface area contributed by atoms with Crippen LogP contribution in [0, 0.1) is 0 Å². The lowest BCUT2D eigenvalue weighted by molar-refractivity contribution is -0.137. The van der Waals surface area contributed by atoms with Crippen molar-refractivity contribution in [1.29, 1.82) is 0 Å². The first-order valence-corrected chi connectivity index (χ1v) is 6.04. The molecule has 1 heterocycles. The van der Waals surface area contributed by atoms with Gasteiger partial charge in [-0.25, -0.2) is 0 Å². The van der Waals surface area contributed by atoms with Crippen molar-refractivity contribution in [2.75, 3.05) is 11.9 Å². The molecule has 0 radical (unpaired) electrons. The van der Waals surface area contributed by atoms with E-state index in [1.54, 1.807) is 19.2 Å². The van der Waals surface area contributed by atoms with E-state index in [9.17, 15) is 13.2 Å². The number of hydrogen-bond acceptors (Lipinski definition) is 3. The summed E-state index contributed by atoms with van der Waals surface area (Å²) in [6, 6.07) is 5.88. The first kappa shape index (κ1) is 14.5. The average molecular weight is 284 g/mol. The van der Waals surface area contributed by atoms with E-state index in [-0.39, 0.29) is 12.2 Å². The van der Waals surface area contributed by atoms with Gasteiger partial charge in [-0.1, -0.05) is 6.07 Å². The number of nitrogens with two attached hydrogens (primary N) is 1. The minimum atomic E-state index is -4.41. The van der Waals surface area contributed by atoms with Gasteiger partial charge < -0.3 is 15.1 Å². The molecule has 0 aliphatic heterocycles. The van der Waals surface area contributed by atoms with Gasteiger partial charge in [0.15, 0.2) is 0 Å². The maximum absolute atomic E-state index is 13.1. The summed E-state index contributed by atoms with van der Waals surface area (Å²) in [7, 11) is 1.61. The molecule has 0 spiro atoms. The number of halogens is 3. The van der Waals surface area contributed by atoms with E-state index >= 15 is 0 Å². The molecule has 3 nitrogen and oxygen atoms in total. The highest BCUT2D eigenvalue weighted by molar-refractivity contribution is 5.56. The Hall–Kier alpha value is -1.95. The van der Waals surface area contributed by atoms with E-state index in [1.807, 2.05) is 0 Å². The summed E-state index contributed by atoms with van der Waals surface area (Å²) in [5.41, 5.74) is 6.12. The maximum Gasteiger partial charge on any atom is 0.418 e. The van der Waals surface area contributed by atoms with Crippen LogP contribution in [0.4, 0.5) is 18.9 Å². The number of rotatable bonds is 4. The zero-order chi connectivity index (χ0) is 14.8. The highest BCUT2D eigenvalue weighted by Crippen LogP contribution is 2.37. The molecule has 6 heteroatoms. The molecule has 0 aliphatic carbocycles. The van der Waals surface area contributed by atoms with E-state index in [1.165, 1.54) is 23.5 Å². The molecule has 0 amide bonds. The SMILES string of the molecule is CN(Cc1ccoc1)c1ccc(CN)cc1C(F)(F)F. The molecule has 0 saturated heterocycles. The van der Waals surface area contributed by atoms with Crippen LogP contribution in [0.25, 0.3) is 0 Å². The fourth-order valence-corrected chi connectivity index (χ4v) is 2.01. The monoisotopic (exact) mass is 284 g/mol. The van der Waals surface area contributed by atoms with E-state index < -0.39 is 11.7 Å². The Morgan fingerprint density at radius 3 is 2.50 bits per heavy atom. The predicted octanol–water partition coefficient (Wildman–Crippen LogP) is 3.39. The summed E-state index contributed by atoms with van der Waals surface area (Å²) in [6.07, 6.45) is -1.41. The summed E-state index contributed by atoms with van der Waals surface area (Å²) in [6.45, 7) is 0.413. The zero-order valence-corrected chi connectivity index (χ0v) is 10.9. The van der Waals surface area contributed by atoms with Crippen LogP contribution in [0.2, 0.25) is 0 Å². The molecule has 2 N–H and O–H groups in total. The van der Waals surface area contributed by atoms with Crippen LogP contribution in [-0.2, 0) is 19.3 Å². The second-order valence-electron chi connectivity index (χ2n) is 4.54. The highest BCUT2D eigenvalue weighted by Gasteiger charge is 2.34. The summed E-state index contributed by atoms with van der Waals surface area (Å²) in [5.74, 6) is 0. The van der Waals surface area contributed by atoms with Gasteiger partial charge in [0.25, 0.3) is 0 Å². The number of alkyl halides is 3. The molecule has 0 saturated carbocycles. The van der Waals surface area contributed by atoms with E-state index in [0.29, 0.717) is 12.1 Å². The molecule has 0 aliphatic rings. The van der Waals surface area contributed by atoms with E-state index in [0.717, 1.165) is 11.6 Å². The second kappa shape index (κ2) is 5.58. The van der Waals surface area contributed by atoms with Gasteiger partial charge in [-0.15, -0.1) is 0 Å². The molecule has 2 rings (SSSR count). The van der Waals surface area contributed by atoms with Crippen molar-refractivity contribution < 1.29 is 17.6 Å². The van der Waals surface area contributed by atoms with Crippen LogP contribution >= 0.6 is 0 Å². The van der Waals surface area contributed by atoms with Gasteiger partial charge in [0.1, 0.15) is 0 Å². The number of anilines is 1. The van der Waals surface area contributed by atoms with Crippen molar-refractivity contribution in [3.63, 3.8) is 0 Å². The summed E-state index contributed by atoms with van der Waals surface area (Å²) in [4.78, 5) is 1.54. The molecule has 108 valence electrons. The van der Waals surface area contributed by atoms with Crippen molar-refractivity contribution in [3.05, 3.63) is 53.5 Å². The normalized spacial score (nSPS) is 11.7. The number of benzene rings is 1. The number of nitrogens with zero attached hydrogens (tertiary/aromatic N) is 1. The summed E-state index contributed by atoms with van der Waals surface area (Å²) >= 11 is 0. The van der Waals surface area contributed by atoms with Crippen LogP contribution in [0.1, 0.15) is 16.7 Å². The third-order valence-electron chi connectivity index (χ3n) is 3.01. The largest absolute Gasteiger partial charge is 0.472 e. The van der Waals surface area contributed by atoms with Gasteiger partial charge in [-0.05, 0) is 23.8 Å². The zero-order valence-electron chi connectivity index (χ0n) is 10.9. The molecule has 0 bridgehead atoms. The Balaban J connectivity index is 2.34. The molecule has 1 aromatic heterocycles. The van der Waals surface area contributed by atoms with Crippen LogP contribution in [-0.4, -0.2) is 7.05 Å². The van der Waals surface area contributed by atoms with Crippen molar-refractivity contribution >= 4 is 5.69 Å². The molecule has 2 aromatic rings.